The Kier molecular flexibility index (Phi) is 2.88. The van der Waals surface area contributed by atoms with E-state index < -0.39 is 17.6 Å². The molecule has 0 saturated heterocycles. The second kappa shape index (κ2) is 3.80. The maximum Gasteiger partial charge on any atom is 0.416 e. The number of nitrogens with two attached hydrogens (primary N) is 1. The van der Waals surface area contributed by atoms with E-state index in [1.165, 1.54) is 7.05 Å². The van der Waals surface area contributed by atoms with Crippen LogP contribution in [-0.2, 0) is 6.18 Å². The zero-order valence-corrected chi connectivity index (χ0v) is 7.85. The summed E-state index contributed by atoms with van der Waals surface area (Å²) in [5.41, 5.74) is 4.31. The molecule has 0 fully saturated rings. The number of carbonyl (C=O) groups excluding carboxylic acids is 1. The Balaban J connectivity index is 3.15. The first-order valence-corrected chi connectivity index (χ1v) is 4.05. The summed E-state index contributed by atoms with van der Waals surface area (Å²) < 4.78 is 36.7. The number of hydrogen-bond donors (Lipinski definition) is 2. The molecule has 0 unspecified atom stereocenters. The van der Waals surface area contributed by atoms with Crippen molar-refractivity contribution in [3.63, 3.8) is 0 Å². The van der Waals surface area contributed by atoms with Gasteiger partial charge in [-0.05, 0) is 18.2 Å². The summed E-state index contributed by atoms with van der Waals surface area (Å²) >= 11 is 0. The molecule has 0 aliphatic carbocycles. The third-order valence-corrected chi connectivity index (χ3v) is 1.85. The lowest BCUT2D eigenvalue weighted by atomic mass is 10.1. The van der Waals surface area contributed by atoms with Gasteiger partial charge < -0.3 is 11.1 Å². The molecule has 15 heavy (non-hydrogen) atoms. The maximum atomic E-state index is 12.2. The molecule has 0 radical (unpaired) electrons. The summed E-state index contributed by atoms with van der Waals surface area (Å²) in [5, 5.41) is 2.28. The molecule has 1 aromatic rings. The van der Waals surface area contributed by atoms with E-state index in [9.17, 15) is 18.0 Å². The Morgan fingerprint density at radius 2 is 2.00 bits per heavy atom. The number of halogens is 3. The second-order valence-electron chi connectivity index (χ2n) is 2.88. The fourth-order valence-electron chi connectivity index (χ4n) is 1.08. The van der Waals surface area contributed by atoms with Crippen molar-refractivity contribution in [1.29, 1.82) is 0 Å². The van der Waals surface area contributed by atoms with Crippen molar-refractivity contribution < 1.29 is 18.0 Å². The van der Waals surface area contributed by atoms with Gasteiger partial charge in [-0.25, -0.2) is 0 Å². The van der Waals surface area contributed by atoms with Crippen LogP contribution < -0.4 is 11.1 Å². The Morgan fingerprint density at radius 1 is 1.40 bits per heavy atom. The summed E-state index contributed by atoms with van der Waals surface area (Å²) in [6, 6.07) is 2.61. The number of nitrogens with one attached hydrogen (secondary N) is 1. The van der Waals surface area contributed by atoms with E-state index in [1.807, 2.05) is 0 Å². The van der Waals surface area contributed by atoms with Crippen LogP contribution in [0.25, 0.3) is 0 Å². The van der Waals surface area contributed by atoms with Crippen molar-refractivity contribution in [2.75, 3.05) is 12.8 Å². The highest BCUT2D eigenvalue weighted by atomic mass is 19.4. The minimum absolute atomic E-state index is 0.0329. The van der Waals surface area contributed by atoms with E-state index in [4.69, 9.17) is 5.73 Å². The normalized spacial score (nSPS) is 11.2. The lowest BCUT2D eigenvalue weighted by molar-refractivity contribution is -0.137. The molecular weight excluding hydrogens is 209 g/mol. The summed E-state index contributed by atoms with van der Waals surface area (Å²) in [6.07, 6.45) is -4.45. The first kappa shape index (κ1) is 11.4. The third-order valence-electron chi connectivity index (χ3n) is 1.85. The van der Waals surface area contributed by atoms with Gasteiger partial charge in [0.2, 0.25) is 0 Å². The molecule has 3 nitrogen and oxygen atoms in total. The number of amides is 1. The number of benzene rings is 1. The number of hydrogen-bond acceptors (Lipinski definition) is 2. The molecule has 82 valence electrons. The SMILES string of the molecule is CNC(=O)c1ccc(C(F)(F)F)cc1N. The van der Waals surface area contributed by atoms with E-state index in [-0.39, 0.29) is 11.3 Å². The molecule has 1 aromatic carbocycles. The Bertz CT molecular complexity index is 387. The summed E-state index contributed by atoms with van der Waals surface area (Å²) in [5.74, 6) is -0.513. The quantitative estimate of drug-likeness (QED) is 0.704. The van der Waals surface area contributed by atoms with Gasteiger partial charge in [-0.1, -0.05) is 0 Å². The first-order valence-electron chi connectivity index (χ1n) is 4.05. The van der Waals surface area contributed by atoms with Gasteiger partial charge in [-0.2, -0.15) is 13.2 Å². The number of nitrogen functional groups attached to an aromatic ring is 1. The molecule has 0 aromatic heterocycles. The second-order valence-corrected chi connectivity index (χ2v) is 2.88. The van der Waals surface area contributed by atoms with Gasteiger partial charge in [0, 0.05) is 12.7 Å². The first-order chi connectivity index (χ1) is 6.86. The molecule has 6 heteroatoms. The molecule has 0 spiro atoms. The monoisotopic (exact) mass is 218 g/mol. The number of carbonyl (C=O) groups is 1. The van der Waals surface area contributed by atoms with Crippen LogP contribution in [0.1, 0.15) is 15.9 Å². The minimum Gasteiger partial charge on any atom is -0.398 e. The minimum atomic E-state index is -4.45. The van der Waals surface area contributed by atoms with E-state index in [1.54, 1.807) is 0 Å². The van der Waals surface area contributed by atoms with Gasteiger partial charge in [-0.15, -0.1) is 0 Å². The molecule has 0 atom stereocenters. The van der Waals surface area contributed by atoms with Crippen LogP contribution >= 0.6 is 0 Å². The lowest BCUT2D eigenvalue weighted by Gasteiger charge is -2.09. The molecule has 0 saturated carbocycles. The number of alkyl halides is 3. The van der Waals surface area contributed by atoms with E-state index >= 15 is 0 Å². The van der Waals surface area contributed by atoms with Crippen molar-refractivity contribution >= 4 is 11.6 Å². The highest BCUT2D eigenvalue weighted by Crippen LogP contribution is 2.31. The largest absolute Gasteiger partial charge is 0.416 e. The predicted molar refractivity (Wildman–Crippen MR) is 49.2 cm³/mol. The van der Waals surface area contributed by atoms with Crippen molar-refractivity contribution in [2.24, 2.45) is 0 Å². The van der Waals surface area contributed by atoms with Crippen molar-refractivity contribution in [3.05, 3.63) is 29.3 Å². The molecule has 0 heterocycles. The Labute approximate surface area is 84.1 Å². The van der Waals surface area contributed by atoms with Crippen LogP contribution in [0.2, 0.25) is 0 Å². The average molecular weight is 218 g/mol. The van der Waals surface area contributed by atoms with Crippen LogP contribution in [0.5, 0.6) is 0 Å². The van der Waals surface area contributed by atoms with Crippen LogP contribution in [0, 0.1) is 0 Å². The molecule has 0 aliphatic heterocycles. The van der Waals surface area contributed by atoms with Crippen LogP contribution in [0.15, 0.2) is 18.2 Å². The topological polar surface area (TPSA) is 55.1 Å². The van der Waals surface area contributed by atoms with E-state index in [0.29, 0.717) is 0 Å². The van der Waals surface area contributed by atoms with Crippen LogP contribution in [0.4, 0.5) is 18.9 Å². The van der Waals surface area contributed by atoms with Gasteiger partial charge in [0.1, 0.15) is 0 Å². The van der Waals surface area contributed by atoms with Gasteiger partial charge in [0.25, 0.3) is 5.91 Å². The zero-order valence-electron chi connectivity index (χ0n) is 7.85. The Morgan fingerprint density at radius 3 is 2.40 bits per heavy atom. The molecule has 0 aliphatic rings. The van der Waals surface area contributed by atoms with Gasteiger partial charge in [0.05, 0.1) is 11.1 Å². The summed E-state index contributed by atoms with van der Waals surface area (Å²) in [4.78, 5) is 11.1. The third kappa shape index (κ3) is 2.39. The maximum absolute atomic E-state index is 12.2. The highest BCUT2D eigenvalue weighted by molar-refractivity contribution is 5.99. The fraction of sp³-hybridized carbons (Fsp3) is 0.222. The molecule has 3 N–H and O–H groups in total. The van der Waals surface area contributed by atoms with Crippen LogP contribution in [0.3, 0.4) is 0 Å². The number of anilines is 1. The summed E-state index contributed by atoms with van der Waals surface area (Å²) in [7, 11) is 1.37. The van der Waals surface area contributed by atoms with E-state index in [0.717, 1.165) is 18.2 Å². The zero-order chi connectivity index (χ0) is 11.6. The van der Waals surface area contributed by atoms with Crippen molar-refractivity contribution in [1.82, 2.24) is 5.32 Å². The van der Waals surface area contributed by atoms with E-state index in [2.05, 4.69) is 5.32 Å². The molecule has 0 bridgehead atoms. The van der Waals surface area contributed by atoms with Crippen molar-refractivity contribution in [2.45, 2.75) is 6.18 Å². The molecule has 1 amide bonds. The average Bonchev–Trinajstić information content (AvgIpc) is 2.15. The van der Waals surface area contributed by atoms with Crippen LogP contribution in [-0.4, -0.2) is 13.0 Å². The summed E-state index contributed by atoms with van der Waals surface area (Å²) in [6.45, 7) is 0. The van der Waals surface area contributed by atoms with Crippen molar-refractivity contribution in [3.8, 4) is 0 Å². The smallest absolute Gasteiger partial charge is 0.398 e. The standard InChI is InChI=1S/C9H9F3N2O/c1-14-8(15)6-3-2-5(4-7(6)13)9(10,11)12/h2-4H,13H2,1H3,(H,14,15). The number of rotatable bonds is 1. The Hall–Kier alpha value is -1.72. The highest BCUT2D eigenvalue weighted by Gasteiger charge is 2.31. The van der Waals surface area contributed by atoms with Gasteiger partial charge in [0.15, 0.2) is 0 Å². The lowest BCUT2D eigenvalue weighted by Crippen LogP contribution is -2.19. The molecule has 1 rings (SSSR count). The fourth-order valence-corrected chi connectivity index (χ4v) is 1.08. The molecular formula is C9H9F3N2O. The predicted octanol–water partition coefficient (Wildman–Crippen LogP) is 1.65. The van der Waals surface area contributed by atoms with Gasteiger partial charge in [-0.3, -0.25) is 4.79 Å². The van der Waals surface area contributed by atoms with Gasteiger partial charge >= 0.3 is 6.18 Å².